The standard InChI is InChI=1S/C7H16N4O2/c1-13-3-2-9-5-11-6-10-4-7(8)12/h4,9,11H,2-3,5-6H2,1H3,(H2,8,12). The van der Waals surface area contributed by atoms with E-state index in [1.807, 2.05) is 0 Å². The van der Waals surface area contributed by atoms with Gasteiger partial charge in [-0.2, -0.15) is 0 Å². The number of rotatable bonds is 8. The van der Waals surface area contributed by atoms with Gasteiger partial charge in [-0.15, -0.1) is 0 Å². The number of ether oxygens (including phenoxy) is 1. The molecule has 0 aliphatic rings. The normalized spacial score (nSPS) is 10.8. The largest absolute Gasteiger partial charge is 0.383 e. The van der Waals surface area contributed by atoms with Gasteiger partial charge in [0.05, 0.1) is 19.5 Å². The summed E-state index contributed by atoms with van der Waals surface area (Å²) in [5, 5.41) is 5.98. The number of carbonyl (C=O) groups excluding carboxylic acids is 1. The molecule has 0 radical (unpaired) electrons. The summed E-state index contributed by atoms with van der Waals surface area (Å²) in [7, 11) is 1.65. The third-order valence-electron chi connectivity index (χ3n) is 1.15. The Kier molecular flexibility index (Phi) is 8.42. The first-order valence-corrected chi connectivity index (χ1v) is 3.97. The van der Waals surface area contributed by atoms with Crippen molar-refractivity contribution >= 4 is 12.1 Å². The van der Waals surface area contributed by atoms with E-state index in [1.54, 1.807) is 7.11 Å². The first kappa shape index (κ1) is 12.0. The summed E-state index contributed by atoms with van der Waals surface area (Å²) in [6, 6.07) is 0. The van der Waals surface area contributed by atoms with Crippen LogP contribution in [0.25, 0.3) is 0 Å². The highest BCUT2D eigenvalue weighted by molar-refractivity contribution is 6.25. The fourth-order valence-electron chi connectivity index (χ4n) is 0.607. The molecular weight excluding hydrogens is 172 g/mol. The monoisotopic (exact) mass is 188 g/mol. The second-order valence-electron chi connectivity index (χ2n) is 2.29. The molecule has 0 aromatic carbocycles. The number of amides is 1. The van der Waals surface area contributed by atoms with Gasteiger partial charge >= 0.3 is 0 Å². The smallest absolute Gasteiger partial charge is 0.259 e. The molecule has 0 unspecified atom stereocenters. The van der Waals surface area contributed by atoms with E-state index in [-0.39, 0.29) is 0 Å². The van der Waals surface area contributed by atoms with Crippen LogP contribution in [-0.2, 0) is 9.53 Å². The van der Waals surface area contributed by atoms with Crippen LogP contribution >= 0.6 is 0 Å². The number of nitrogens with two attached hydrogens (primary N) is 1. The number of carbonyl (C=O) groups is 1. The molecule has 0 saturated heterocycles. The van der Waals surface area contributed by atoms with E-state index in [0.717, 1.165) is 12.8 Å². The molecule has 6 heteroatoms. The van der Waals surface area contributed by atoms with Gasteiger partial charge in [0, 0.05) is 20.3 Å². The highest BCUT2D eigenvalue weighted by Gasteiger charge is 1.85. The van der Waals surface area contributed by atoms with Gasteiger partial charge in [0.1, 0.15) is 0 Å². The van der Waals surface area contributed by atoms with Crippen molar-refractivity contribution in [3.05, 3.63) is 0 Å². The third kappa shape index (κ3) is 11.0. The number of nitrogens with zero attached hydrogens (tertiary/aromatic N) is 1. The molecule has 0 saturated carbocycles. The molecule has 0 aliphatic heterocycles. The Morgan fingerprint density at radius 2 is 2.38 bits per heavy atom. The van der Waals surface area contributed by atoms with Crippen LogP contribution in [0.5, 0.6) is 0 Å². The van der Waals surface area contributed by atoms with Crippen LogP contribution < -0.4 is 16.4 Å². The molecule has 0 atom stereocenters. The molecule has 0 heterocycles. The molecule has 0 rings (SSSR count). The first-order chi connectivity index (χ1) is 6.27. The van der Waals surface area contributed by atoms with Crippen molar-refractivity contribution in [2.24, 2.45) is 10.7 Å². The molecule has 0 spiro atoms. The molecule has 0 aliphatic carbocycles. The van der Waals surface area contributed by atoms with Crippen molar-refractivity contribution < 1.29 is 9.53 Å². The second kappa shape index (κ2) is 9.11. The highest BCUT2D eigenvalue weighted by atomic mass is 16.5. The predicted molar refractivity (Wildman–Crippen MR) is 50.4 cm³/mol. The van der Waals surface area contributed by atoms with Crippen LogP contribution in [0.4, 0.5) is 0 Å². The van der Waals surface area contributed by atoms with Crippen LogP contribution in [0.15, 0.2) is 4.99 Å². The van der Waals surface area contributed by atoms with Crippen LogP contribution in [0.1, 0.15) is 0 Å². The van der Waals surface area contributed by atoms with Gasteiger partial charge in [-0.3, -0.25) is 15.1 Å². The third-order valence-corrected chi connectivity index (χ3v) is 1.15. The lowest BCUT2D eigenvalue weighted by molar-refractivity contribution is -0.111. The topological polar surface area (TPSA) is 88.7 Å². The molecule has 13 heavy (non-hydrogen) atoms. The van der Waals surface area contributed by atoms with Crippen LogP contribution in [0.3, 0.4) is 0 Å². The van der Waals surface area contributed by atoms with Crippen molar-refractivity contribution in [1.29, 1.82) is 0 Å². The lowest BCUT2D eigenvalue weighted by atomic mass is 10.7. The van der Waals surface area contributed by atoms with Crippen LogP contribution in [0, 0.1) is 0 Å². The van der Waals surface area contributed by atoms with Crippen molar-refractivity contribution in [3.63, 3.8) is 0 Å². The van der Waals surface area contributed by atoms with E-state index >= 15 is 0 Å². The average Bonchev–Trinajstić information content (AvgIpc) is 2.09. The summed E-state index contributed by atoms with van der Waals surface area (Å²) in [6.45, 7) is 2.46. The Labute approximate surface area is 77.5 Å². The van der Waals surface area contributed by atoms with E-state index in [1.165, 1.54) is 0 Å². The molecule has 0 bridgehead atoms. The van der Waals surface area contributed by atoms with Crippen molar-refractivity contribution in [2.45, 2.75) is 0 Å². The van der Waals surface area contributed by atoms with Gasteiger partial charge in [0.15, 0.2) is 0 Å². The second-order valence-corrected chi connectivity index (χ2v) is 2.29. The summed E-state index contributed by atoms with van der Waals surface area (Å²) in [6.07, 6.45) is 1.09. The SMILES string of the molecule is COCCNCNCN=CC(N)=O. The Hall–Kier alpha value is -0.980. The van der Waals surface area contributed by atoms with E-state index < -0.39 is 5.91 Å². The van der Waals surface area contributed by atoms with Crippen LogP contribution in [-0.4, -0.2) is 45.7 Å². The Balaban J connectivity index is 3.03. The molecule has 6 nitrogen and oxygen atoms in total. The maximum atomic E-state index is 10.2. The fourth-order valence-corrected chi connectivity index (χ4v) is 0.607. The Morgan fingerprint density at radius 1 is 1.62 bits per heavy atom. The summed E-state index contributed by atoms with van der Waals surface area (Å²) in [5.74, 6) is -0.533. The molecule has 4 N–H and O–H groups in total. The van der Waals surface area contributed by atoms with Crippen molar-refractivity contribution in [2.75, 3.05) is 33.6 Å². The van der Waals surface area contributed by atoms with Gasteiger partial charge in [-0.1, -0.05) is 0 Å². The number of nitrogens with one attached hydrogen (secondary N) is 2. The van der Waals surface area contributed by atoms with Gasteiger partial charge in [-0.25, -0.2) is 0 Å². The van der Waals surface area contributed by atoms with E-state index in [0.29, 0.717) is 19.9 Å². The van der Waals surface area contributed by atoms with E-state index in [9.17, 15) is 4.79 Å². The number of methoxy groups -OCH3 is 1. The van der Waals surface area contributed by atoms with Crippen molar-refractivity contribution in [3.8, 4) is 0 Å². The first-order valence-electron chi connectivity index (χ1n) is 3.97. The number of hydrogen-bond donors (Lipinski definition) is 3. The summed E-state index contributed by atoms with van der Waals surface area (Å²) < 4.78 is 4.82. The zero-order valence-electron chi connectivity index (χ0n) is 7.75. The maximum Gasteiger partial charge on any atom is 0.259 e. The molecular formula is C7H16N4O2. The molecule has 0 aromatic heterocycles. The summed E-state index contributed by atoms with van der Waals surface area (Å²) in [5.41, 5.74) is 4.82. The molecule has 0 aromatic rings. The van der Waals surface area contributed by atoms with Crippen LogP contribution in [0.2, 0.25) is 0 Å². The Morgan fingerprint density at radius 3 is 3.00 bits per heavy atom. The predicted octanol–water partition coefficient (Wildman–Crippen LogP) is -1.72. The molecule has 0 fully saturated rings. The minimum absolute atomic E-state index is 0.378. The number of hydrogen-bond acceptors (Lipinski definition) is 5. The lowest BCUT2D eigenvalue weighted by Crippen LogP contribution is -2.31. The maximum absolute atomic E-state index is 10.2. The number of primary amides is 1. The Bertz CT molecular complexity index is 161. The van der Waals surface area contributed by atoms with Crippen molar-refractivity contribution in [1.82, 2.24) is 10.6 Å². The minimum atomic E-state index is -0.533. The van der Waals surface area contributed by atoms with Gasteiger partial charge in [-0.05, 0) is 0 Å². The molecule has 1 amide bonds. The average molecular weight is 188 g/mol. The summed E-state index contributed by atoms with van der Waals surface area (Å²) in [4.78, 5) is 13.9. The van der Waals surface area contributed by atoms with Gasteiger partial charge in [0.2, 0.25) is 0 Å². The zero-order chi connectivity index (χ0) is 9.94. The van der Waals surface area contributed by atoms with Gasteiger partial charge < -0.3 is 15.8 Å². The van der Waals surface area contributed by atoms with E-state index in [4.69, 9.17) is 10.5 Å². The van der Waals surface area contributed by atoms with Gasteiger partial charge in [0.25, 0.3) is 5.91 Å². The summed E-state index contributed by atoms with van der Waals surface area (Å²) >= 11 is 0. The molecule has 76 valence electrons. The lowest BCUT2D eigenvalue weighted by Gasteiger charge is -2.03. The number of aliphatic imine (C=N–C) groups is 1. The zero-order valence-corrected chi connectivity index (χ0v) is 7.75. The highest BCUT2D eigenvalue weighted by Crippen LogP contribution is 1.64. The quantitative estimate of drug-likeness (QED) is 0.240. The fraction of sp³-hybridized carbons (Fsp3) is 0.714. The van der Waals surface area contributed by atoms with E-state index in [2.05, 4.69) is 15.6 Å². The minimum Gasteiger partial charge on any atom is -0.383 e.